The zero-order valence-corrected chi connectivity index (χ0v) is 20.2. The molecule has 1 atom stereocenters. The van der Waals surface area contributed by atoms with Crippen molar-refractivity contribution in [2.45, 2.75) is 44.8 Å². The van der Waals surface area contributed by atoms with Gasteiger partial charge in [-0.15, -0.1) is 11.3 Å². The van der Waals surface area contributed by atoms with Crippen LogP contribution in [0.4, 0.5) is 4.79 Å². The number of aliphatic carboxylic acids is 1. The van der Waals surface area contributed by atoms with E-state index >= 15 is 0 Å². The van der Waals surface area contributed by atoms with Gasteiger partial charge in [0.15, 0.2) is 5.96 Å². The fraction of sp³-hybridized carbons (Fsp3) is 0.360. The van der Waals surface area contributed by atoms with Crippen LogP contribution in [-0.2, 0) is 27.4 Å². The van der Waals surface area contributed by atoms with E-state index in [1.165, 1.54) is 11.3 Å². The van der Waals surface area contributed by atoms with Crippen LogP contribution in [0, 0.1) is 0 Å². The molecule has 9 nitrogen and oxygen atoms in total. The molecule has 0 aliphatic carbocycles. The molecule has 10 heteroatoms. The number of allylic oxidation sites excluding steroid dienone is 1. The molecule has 1 aliphatic rings. The Labute approximate surface area is 208 Å². The lowest BCUT2D eigenvalue weighted by molar-refractivity contribution is -0.139. The number of carboxylic acids is 1. The first-order valence-electron chi connectivity index (χ1n) is 11.5. The highest BCUT2D eigenvalue weighted by molar-refractivity contribution is 7.12. The largest absolute Gasteiger partial charge is 0.480 e. The number of unbranched alkanes of at least 4 members (excludes halogenated alkanes) is 1. The van der Waals surface area contributed by atoms with Crippen LogP contribution in [0.1, 0.15) is 41.0 Å². The predicted molar refractivity (Wildman–Crippen MR) is 135 cm³/mol. The minimum atomic E-state index is -1.13. The van der Waals surface area contributed by atoms with Gasteiger partial charge in [-0.05, 0) is 43.0 Å². The van der Waals surface area contributed by atoms with E-state index in [0.717, 1.165) is 41.2 Å². The predicted octanol–water partition coefficient (Wildman–Crippen LogP) is 3.32. The van der Waals surface area contributed by atoms with Gasteiger partial charge in [0.2, 0.25) is 5.91 Å². The smallest absolute Gasteiger partial charge is 0.408 e. The van der Waals surface area contributed by atoms with Gasteiger partial charge in [0.25, 0.3) is 0 Å². The third-order valence-corrected chi connectivity index (χ3v) is 6.18. The van der Waals surface area contributed by atoms with Crippen molar-refractivity contribution in [3.63, 3.8) is 0 Å². The van der Waals surface area contributed by atoms with Gasteiger partial charge in [-0.2, -0.15) is 0 Å². The quantitative estimate of drug-likeness (QED) is 0.352. The monoisotopic (exact) mass is 498 g/mol. The number of aliphatic imine (C=N–C) groups is 1. The number of guanidine groups is 1. The van der Waals surface area contributed by atoms with Crippen molar-refractivity contribution in [2.24, 2.45) is 4.99 Å². The van der Waals surface area contributed by atoms with Gasteiger partial charge in [-0.25, -0.2) is 9.59 Å². The van der Waals surface area contributed by atoms with E-state index < -0.39 is 18.1 Å². The Morgan fingerprint density at radius 3 is 2.77 bits per heavy atom. The Kier molecular flexibility index (Phi) is 10.3. The van der Waals surface area contributed by atoms with Crippen molar-refractivity contribution in [3.05, 3.63) is 63.9 Å². The summed E-state index contributed by atoms with van der Waals surface area (Å²) in [5.41, 5.74) is 0.820. The molecule has 35 heavy (non-hydrogen) atoms. The van der Waals surface area contributed by atoms with E-state index in [-0.39, 0.29) is 18.9 Å². The average Bonchev–Trinajstić information content (AvgIpc) is 3.30. The summed E-state index contributed by atoms with van der Waals surface area (Å²) in [6.07, 6.45) is 6.18. The minimum Gasteiger partial charge on any atom is -0.480 e. The van der Waals surface area contributed by atoms with Gasteiger partial charge in [0.1, 0.15) is 12.6 Å². The molecule has 1 aromatic heterocycles. The molecule has 2 aromatic rings. The molecule has 0 unspecified atom stereocenters. The summed E-state index contributed by atoms with van der Waals surface area (Å²) < 4.78 is 5.13. The van der Waals surface area contributed by atoms with Gasteiger partial charge >= 0.3 is 12.1 Å². The third-order valence-electron chi connectivity index (χ3n) is 5.10. The Morgan fingerprint density at radius 1 is 1.20 bits per heavy atom. The van der Waals surface area contributed by atoms with E-state index in [1.54, 1.807) is 0 Å². The highest BCUT2D eigenvalue weighted by atomic mass is 32.1. The summed E-state index contributed by atoms with van der Waals surface area (Å²) in [4.78, 5) is 41.6. The van der Waals surface area contributed by atoms with E-state index in [1.807, 2.05) is 54.6 Å². The van der Waals surface area contributed by atoms with E-state index in [4.69, 9.17) is 4.74 Å². The Balaban J connectivity index is 1.38. The molecule has 0 saturated carbocycles. The number of carbonyl (C=O) groups excluding carboxylic acids is 2. The molecule has 0 bridgehead atoms. The van der Waals surface area contributed by atoms with E-state index in [9.17, 15) is 19.5 Å². The standard InChI is InChI=1S/C25H30N4O5S/c30-22(29-24-26-14-7-15-27-24)11-6-2-5-10-19-12-13-20(35-19)16-21(23(31)32)28-25(33)34-17-18-8-3-1-4-9-18/h1,3-5,8-10,12-13,21H,2,6-7,11,14-17H2,(H,28,33)(H,31,32)(H2,26,27,29,30)/t21-/m0/s1. The molecule has 1 aromatic carbocycles. The molecule has 0 fully saturated rings. The lowest BCUT2D eigenvalue weighted by atomic mass is 10.2. The van der Waals surface area contributed by atoms with Crippen LogP contribution in [0.3, 0.4) is 0 Å². The summed E-state index contributed by atoms with van der Waals surface area (Å²) in [7, 11) is 0. The summed E-state index contributed by atoms with van der Waals surface area (Å²) in [6, 6.07) is 11.8. The maximum atomic E-state index is 12.0. The second kappa shape index (κ2) is 13.9. The summed E-state index contributed by atoms with van der Waals surface area (Å²) in [6.45, 7) is 1.63. The van der Waals surface area contributed by atoms with Crippen molar-refractivity contribution in [1.29, 1.82) is 0 Å². The molecule has 2 heterocycles. The number of nitrogens with one attached hydrogen (secondary N) is 3. The summed E-state index contributed by atoms with van der Waals surface area (Å²) in [5.74, 6) is -0.624. The number of ether oxygens (including phenoxy) is 1. The first-order valence-corrected chi connectivity index (χ1v) is 12.3. The second-order valence-electron chi connectivity index (χ2n) is 7.96. The highest BCUT2D eigenvalue weighted by Gasteiger charge is 2.22. The fourth-order valence-corrected chi connectivity index (χ4v) is 4.28. The highest BCUT2D eigenvalue weighted by Crippen LogP contribution is 2.20. The molecule has 0 saturated heterocycles. The van der Waals surface area contributed by atoms with Crippen molar-refractivity contribution >= 4 is 41.3 Å². The topological polar surface area (TPSA) is 129 Å². The molecule has 3 rings (SSSR count). The van der Waals surface area contributed by atoms with E-state index in [2.05, 4.69) is 20.9 Å². The number of alkyl carbamates (subject to hydrolysis) is 1. The zero-order chi connectivity index (χ0) is 24.9. The molecule has 1 aliphatic heterocycles. The minimum absolute atomic E-state index is 0.0560. The average molecular weight is 499 g/mol. The number of hydrogen-bond donors (Lipinski definition) is 4. The van der Waals surface area contributed by atoms with Crippen LogP contribution in [-0.4, -0.2) is 48.2 Å². The number of thiophene rings is 1. The number of benzene rings is 1. The number of carbonyl (C=O) groups is 3. The molecule has 0 radical (unpaired) electrons. The number of rotatable bonds is 11. The molecule has 186 valence electrons. The Bertz CT molecular complexity index is 1050. The van der Waals surface area contributed by atoms with Gasteiger partial charge in [0, 0.05) is 35.7 Å². The van der Waals surface area contributed by atoms with Crippen molar-refractivity contribution in [3.8, 4) is 0 Å². The number of carboxylic acid groups (broad SMARTS) is 1. The van der Waals surface area contributed by atoms with Crippen LogP contribution in [0.15, 0.2) is 53.5 Å². The first kappa shape index (κ1) is 26.0. The third kappa shape index (κ3) is 9.62. The molecule has 0 spiro atoms. The maximum Gasteiger partial charge on any atom is 0.408 e. The summed E-state index contributed by atoms with van der Waals surface area (Å²) >= 11 is 1.46. The Hall–Kier alpha value is -3.66. The van der Waals surface area contributed by atoms with Crippen LogP contribution < -0.4 is 16.0 Å². The van der Waals surface area contributed by atoms with Gasteiger partial charge < -0.3 is 20.5 Å². The van der Waals surface area contributed by atoms with Crippen LogP contribution in [0.5, 0.6) is 0 Å². The zero-order valence-electron chi connectivity index (χ0n) is 19.4. The molecule has 2 amide bonds. The molecular weight excluding hydrogens is 468 g/mol. The second-order valence-corrected chi connectivity index (χ2v) is 9.16. The molecular formula is C25H30N4O5S. The van der Waals surface area contributed by atoms with Crippen molar-refractivity contribution in [2.75, 3.05) is 13.1 Å². The van der Waals surface area contributed by atoms with Gasteiger partial charge in [-0.1, -0.05) is 36.4 Å². The number of hydrogen-bond acceptors (Lipinski definition) is 7. The van der Waals surface area contributed by atoms with Crippen molar-refractivity contribution < 1.29 is 24.2 Å². The van der Waals surface area contributed by atoms with Crippen LogP contribution >= 0.6 is 11.3 Å². The Morgan fingerprint density at radius 2 is 2.03 bits per heavy atom. The van der Waals surface area contributed by atoms with Gasteiger partial charge in [-0.3, -0.25) is 15.1 Å². The summed E-state index contributed by atoms with van der Waals surface area (Å²) in [5, 5.41) is 17.8. The normalized spacial score (nSPS) is 14.0. The van der Waals surface area contributed by atoms with E-state index in [0.29, 0.717) is 18.8 Å². The first-order chi connectivity index (χ1) is 17.0. The lowest BCUT2D eigenvalue weighted by Crippen LogP contribution is -2.43. The maximum absolute atomic E-state index is 12.0. The fourth-order valence-electron chi connectivity index (χ4n) is 3.29. The van der Waals surface area contributed by atoms with Crippen molar-refractivity contribution in [1.82, 2.24) is 16.0 Å². The SMILES string of the molecule is O=C(CCCC=Cc1ccc(C[C@H](NC(=O)OCc2ccccc2)C(=O)O)s1)NC1=NCCCN1. The molecule has 4 N–H and O–H groups in total. The number of amides is 2. The number of nitrogens with zero attached hydrogens (tertiary/aromatic N) is 1. The van der Waals surface area contributed by atoms with Crippen LogP contribution in [0.2, 0.25) is 0 Å². The van der Waals surface area contributed by atoms with Gasteiger partial charge in [0.05, 0.1) is 0 Å². The lowest BCUT2D eigenvalue weighted by Gasteiger charge is -2.14. The van der Waals surface area contributed by atoms with Crippen LogP contribution in [0.25, 0.3) is 6.08 Å².